The number of carbonyl (C=O) groups is 1. The first kappa shape index (κ1) is 14.9. The Morgan fingerprint density at radius 1 is 1.27 bits per heavy atom. The normalized spacial score (nSPS) is 16.5. The van der Waals surface area contributed by atoms with Crippen LogP contribution in [0.5, 0.6) is 0 Å². The van der Waals surface area contributed by atoms with Gasteiger partial charge in [-0.2, -0.15) is 0 Å². The largest absolute Gasteiger partial charge is 0.374 e. The molecule has 1 atom stereocenters. The zero-order valence-electron chi connectivity index (χ0n) is 12.2. The van der Waals surface area contributed by atoms with E-state index in [1.807, 2.05) is 30.3 Å². The summed E-state index contributed by atoms with van der Waals surface area (Å²) < 4.78 is 0. The van der Waals surface area contributed by atoms with Gasteiger partial charge in [0.2, 0.25) is 11.0 Å². The molecule has 0 unspecified atom stereocenters. The monoisotopic (exact) mass is 317 g/mol. The molecule has 0 saturated carbocycles. The minimum absolute atomic E-state index is 0.00419. The zero-order chi connectivity index (χ0) is 15.4. The van der Waals surface area contributed by atoms with Gasteiger partial charge in [0.15, 0.2) is 0 Å². The molecule has 2 heterocycles. The minimum atomic E-state index is -0.300. The molecule has 116 valence electrons. The summed E-state index contributed by atoms with van der Waals surface area (Å²) in [5.41, 5.74) is 6.66. The van der Waals surface area contributed by atoms with Gasteiger partial charge in [-0.1, -0.05) is 41.7 Å². The molecule has 7 heteroatoms. The van der Waals surface area contributed by atoms with Gasteiger partial charge in [-0.3, -0.25) is 9.69 Å². The first-order valence-corrected chi connectivity index (χ1v) is 8.19. The zero-order valence-corrected chi connectivity index (χ0v) is 13.1. The Kier molecular flexibility index (Phi) is 4.65. The molecule has 1 fully saturated rings. The molecule has 1 amide bonds. The number of nitrogens with two attached hydrogens (primary N) is 1. The third kappa shape index (κ3) is 3.61. The molecule has 6 nitrogen and oxygen atoms in total. The van der Waals surface area contributed by atoms with Crippen molar-refractivity contribution >= 4 is 22.4 Å². The fraction of sp³-hybridized carbons (Fsp3) is 0.400. The number of hydrogen-bond acceptors (Lipinski definition) is 6. The second-order valence-electron chi connectivity index (χ2n) is 5.37. The summed E-state index contributed by atoms with van der Waals surface area (Å²) in [6, 6.07) is 9.47. The molecule has 3 N–H and O–H groups in total. The van der Waals surface area contributed by atoms with Crippen LogP contribution in [0, 0.1) is 0 Å². The van der Waals surface area contributed by atoms with Gasteiger partial charge in [0, 0.05) is 0 Å². The SMILES string of the molecule is Nc1nnc([C@H](NC(=O)CN2CCCC2)c2ccccc2)s1. The lowest BCUT2D eigenvalue weighted by molar-refractivity contribution is -0.122. The number of aromatic nitrogens is 2. The number of carbonyl (C=O) groups excluding carboxylic acids is 1. The van der Waals surface area contributed by atoms with Gasteiger partial charge in [0.05, 0.1) is 6.54 Å². The molecule has 2 aromatic rings. The Hall–Kier alpha value is -1.99. The van der Waals surface area contributed by atoms with Gasteiger partial charge >= 0.3 is 0 Å². The second kappa shape index (κ2) is 6.85. The highest BCUT2D eigenvalue weighted by Gasteiger charge is 2.22. The van der Waals surface area contributed by atoms with Gasteiger partial charge < -0.3 is 11.1 Å². The van der Waals surface area contributed by atoms with Crippen LogP contribution in [0.2, 0.25) is 0 Å². The molecule has 0 radical (unpaired) electrons. The highest BCUT2D eigenvalue weighted by Crippen LogP contribution is 2.25. The lowest BCUT2D eigenvalue weighted by atomic mass is 10.1. The second-order valence-corrected chi connectivity index (χ2v) is 6.41. The number of nitrogens with one attached hydrogen (secondary N) is 1. The van der Waals surface area contributed by atoms with Crippen molar-refractivity contribution in [3.63, 3.8) is 0 Å². The molecule has 1 aliphatic rings. The molecule has 0 aliphatic carbocycles. The molecule has 1 saturated heterocycles. The average molecular weight is 317 g/mol. The van der Waals surface area contributed by atoms with Gasteiger partial charge in [-0.05, 0) is 31.5 Å². The van der Waals surface area contributed by atoms with Crippen molar-refractivity contribution in [3.8, 4) is 0 Å². The van der Waals surface area contributed by atoms with Crippen LogP contribution >= 0.6 is 11.3 Å². The maximum absolute atomic E-state index is 12.3. The first-order valence-electron chi connectivity index (χ1n) is 7.38. The lowest BCUT2D eigenvalue weighted by Crippen LogP contribution is -2.38. The molecule has 1 aliphatic heterocycles. The molecular formula is C15H19N5OS. The number of benzene rings is 1. The van der Waals surface area contributed by atoms with Gasteiger partial charge in [0.1, 0.15) is 11.0 Å². The number of amides is 1. The Morgan fingerprint density at radius 2 is 2.00 bits per heavy atom. The summed E-state index contributed by atoms with van der Waals surface area (Å²) in [4.78, 5) is 14.5. The predicted molar refractivity (Wildman–Crippen MR) is 86.4 cm³/mol. The molecule has 1 aromatic carbocycles. The van der Waals surface area contributed by atoms with Gasteiger partial charge in [-0.15, -0.1) is 10.2 Å². The van der Waals surface area contributed by atoms with Crippen LogP contribution in [0.4, 0.5) is 5.13 Å². The molecule has 1 aromatic heterocycles. The van der Waals surface area contributed by atoms with Crippen LogP contribution in [0.25, 0.3) is 0 Å². The summed E-state index contributed by atoms with van der Waals surface area (Å²) in [5.74, 6) is 0.00419. The third-order valence-corrected chi connectivity index (χ3v) is 4.52. The van der Waals surface area contributed by atoms with E-state index in [9.17, 15) is 4.79 Å². The third-order valence-electron chi connectivity index (χ3n) is 3.71. The van der Waals surface area contributed by atoms with Crippen molar-refractivity contribution in [1.82, 2.24) is 20.4 Å². The van der Waals surface area contributed by atoms with E-state index in [-0.39, 0.29) is 11.9 Å². The Labute approximate surface area is 133 Å². The van der Waals surface area contributed by atoms with E-state index < -0.39 is 0 Å². The van der Waals surface area contributed by atoms with E-state index in [2.05, 4.69) is 20.4 Å². The summed E-state index contributed by atoms with van der Waals surface area (Å²) >= 11 is 1.30. The number of hydrogen-bond donors (Lipinski definition) is 2. The molecule has 3 rings (SSSR count). The van der Waals surface area contributed by atoms with Gasteiger partial charge in [-0.25, -0.2) is 0 Å². The molecule has 0 spiro atoms. The first-order chi connectivity index (χ1) is 10.7. The number of rotatable bonds is 5. The van der Waals surface area contributed by atoms with Crippen LogP contribution in [0.3, 0.4) is 0 Å². The molecule has 0 bridgehead atoms. The van der Waals surface area contributed by atoms with E-state index in [4.69, 9.17) is 5.73 Å². The topological polar surface area (TPSA) is 84.1 Å². The Morgan fingerprint density at radius 3 is 2.64 bits per heavy atom. The molecule has 22 heavy (non-hydrogen) atoms. The minimum Gasteiger partial charge on any atom is -0.374 e. The van der Waals surface area contributed by atoms with E-state index in [0.29, 0.717) is 16.7 Å². The summed E-state index contributed by atoms with van der Waals surface area (Å²) in [6.45, 7) is 2.42. The lowest BCUT2D eigenvalue weighted by Gasteiger charge is -2.19. The van der Waals surface area contributed by atoms with E-state index in [0.717, 1.165) is 18.7 Å². The molecular weight excluding hydrogens is 298 g/mol. The maximum atomic E-state index is 12.3. The smallest absolute Gasteiger partial charge is 0.235 e. The van der Waals surface area contributed by atoms with Crippen molar-refractivity contribution in [2.75, 3.05) is 25.4 Å². The van der Waals surface area contributed by atoms with Crippen LogP contribution in [0.15, 0.2) is 30.3 Å². The quantitative estimate of drug-likeness (QED) is 0.871. The maximum Gasteiger partial charge on any atom is 0.235 e. The van der Waals surface area contributed by atoms with Crippen molar-refractivity contribution in [2.45, 2.75) is 18.9 Å². The number of anilines is 1. The standard InChI is InChI=1S/C15H19N5OS/c16-15-19-18-14(22-15)13(11-6-2-1-3-7-11)17-12(21)10-20-8-4-5-9-20/h1-3,6-7,13H,4-5,8-10H2,(H2,16,19)(H,17,21)/t13-/m1/s1. The van der Waals surface area contributed by atoms with Gasteiger partial charge in [0.25, 0.3) is 0 Å². The van der Waals surface area contributed by atoms with E-state index in [1.54, 1.807) is 0 Å². The summed E-state index contributed by atoms with van der Waals surface area (Å²) in [7, 11) is 0. The predicted octanol–water partition coefficient (Wildman–Crippen LogP) is 1.42. The van der Waals surface area contributed by atoms with Crippen molar-refractivity contribution in [3.05, 3.63) is 40.9 Å². The fourth-order valence-electron chi connectivity index (χ4n) is 2.65. The average Bonchev–Trinajstić information content (AvgIpc) is 3.17. The Balaban J connectivity index is 1.75. The highest BCUT2D eigenvalue weighted by molar-refractivity contribution is 7.15. The van der Waals surface area contributed by atoms with Crippen LogP contribution < -0.4 is 11.1 Å². The van der Waals surface area contributed by atoms with Crippen LogP contribution in [0.1, 0.15) is 29.5 Å². The van der Waals surface area contributed by atoms with Crippen molar-refractivity contribution < 1.29 is 4.79 Å². The van der Waals surface area contributed by atoms with Crippen molar-refractivity contribution in [2.24, 2.45) is 0 Å². The van der Waals surface area contributed by atoms with Crippen LogP contribution in [-0.4, -0.2) is 40.6 Å². The highest BCUT2D eigenvalue weighted by atomic mass is 32.1. The Bertz CT molecular complexity index is 624. The van der Waals surface area contributed by atoms with Crippen LogP contribution in [-0.2, 0) is 4.79 Å². The number of likely N-dealkylation sites (tertiary alicyclic amines) is 1. The summed E-state index contributed by atoms with van der Waals surface area (Å²) in [5, 5.41) is 12.1. The fourth-order valence-corrected chi connectivity index (χ4v) is 3.34. The van der Waals surface area contributed by atoms with E-state index in [1.165, 1.54) is 24.2 Å². The van der Waals surface area contributed by atoms with E-state index >= 15 is 0 Å². The number of nitrogens with zero attached hydrogens (tertiary/aromatic N) is 3. The summed E-state index contributed by atoms with van der Waals surface area (Å²) in [6.07, 6.45) is 2.34. The van der Waals surface area contributed by atoms with Crippen molar-refractivity contribution in [1.29, 1.82) is 0 Å². The number of nitrogen functional groups attached to an aromatic ring is 1.